The summed E-state index contributed by atoms with van der Waals surface area (Å²) in [5.41, 5.74) is 4.23. The van der Waals surface area contributed by atoms with Crippen molar-refractivity contribution in [1.82, 2.24) is 25.1 Å². The van der Waals surface area contributed by atoms with E-state index in [0.29, 0.717) is 41.9 Å². The Morgan fingerprint density at radius 1 is 1.12 bits per heavy atom. The van der Waals surface area contributed by atoms with Crippen LogP contribution in [-0.2, 0) is 6.54 Å². The van der Waals surface area contributed by atoms with E-state index in [0.717, 1.165) is 5.56 Å². The van der Waals surface area contributed by atoms with Gasteiger partial charge in [-0.25, -0.2) is 9.97 Å². The van der Waals surface area contributed by atoms with Gasteiger partial charge in [0.15, 0.2) is 5.82 Å². The summed E-state index contributed by atoms with van der Waals surface area (Å²) in [5.74, 6) is 1.05. The van der Waals surface area contributed by atoms with Crippen LogP contribution in [0.1, 0.15) is 35.8 Å². The highest BCUT2D eigenvalue weighted by atomic mass is 16.2. The van der Waals surface area contributed by atoms with E-state index in [-0.39, 0.29) is 5.91 Å². The number of aromatic nitrogens is 4. The zero-order valence-electron chi connectivity index (χ0n) is 14.2. The fraction of sp³-hybridized carbons (Fsp3) is 0.263. The Labute approximate surface area is 145 Å². The standard InChI is InChI=1S/C19H19N5O/c1-12(2)13-3-5-14(6-4-13)18-20-8-7-15(22-18)16-11-17-19(25)21-9-10-24(17)23-16/h3-8,11-12H,9-10H2,1-2H3,(H,21,25). The van der Waals surface area contributed by atoms with Crippen molar-refractivity contribution in [2.24, 2.45) is 0 Å². The third kappa shape index (κ3) is 2.91. The quantitative estimate of drug-likeness (QED) is 0.800. The topological polar surface area (TPSA) is 72.7 Å². The largest absolute Gasteiger partial charge is 0.349 e. The number of hydrogen-bond acceptors (Lipinski definition) is 4. The number of nitrogens with one attached hydrogen (secondary N) is 1. The van der Waals surface area contributed by atoms with E-state index in [1.807, 2.05) is 18.2 Å². The molecule has 0 spiro atoms. The van der Waals surface area contributed by atoms with Gasteiger partial charge >= 0.3 is 0 Å². The molecule has 1 aliphatic rings. The maximum Gasteiger partial charge on any atom is 0.269 e. The Hall–Kier alpha value is -3.02. The molecule has 0 unspecified atom stereocenters. The first-order valence-corrected chi connectivity index (χ1v) is 8.41. The lowest BCUT2D eigenvalue weighted by Gasteiger charge is -2.13. The molecule has 0 saturated carbocycles. The Morgan fingerprint density at radius 2 is 1.92 bits per heavy atom. The van der Waals surface area contributed by atoms with Crippen molar-refractivity contribution in [3.8, 4) is 22.8 Å². The molecule has 1 N–H and O–H groups in total. The average Bonchev–Trinajstić information content (AvgIpc) is 3.08. The molecule has 0 fully saturated rings. The van der Waals surface area contributed by atoms with Gasteiger partial charge in [0.25, 0.3) is 5.91 Å². The van der Waals surface area contributed by atoms with Crippen molar-refractivity contribution >= 4 is 5.91 Å². The molecule has 0 atom stereocenters. The summed E-state index contributed by atoms with van der Waals surface area (Å²) in [6.07, 6.45) is 1.73. The van der Waals surface area contributed by atoms with E-state index in [1.54, 1.807) is 16.9 Å². The number of amides is 1. The number of fused-ring (bicyclic) bond motifs is 1. The Kier molecular flexibility index (Phi) is 3.80. The number of carbonyl (C=O) groups is 1. The lowest BCUT2D eigenvalue weighted by Crippen LogP contribution is -2.35. The Balaban J connectivity index is 1.69. The molecule has 0 saturated heterocycles. The predicted molar refractivity (Wildman–Crippen MR) is 95.1 cm³/mol. The number of nitrogens with zero attached hydrogens (tertiary/aromatic N) is 4. The molecule has 2 aromatic heterocycles. The minimum atomic E-state index is -0.0939. The van der Waals surface area contributed by atoms with Crippen LogP contribution in [0.5, 0.6) is 0 Å². The molecule has 25 heavy (non-hydrogen) atoms. The van der Waals surface area contributed by atoms with Gasteiger partial charge < -0.3 is 5.32 Å². The van der Waals surface area contributed by atoms with Gasteiger partial charge in [0, 0.05) is 18.3 Å². The smallest absolute Gasteiger partial charge is 0.269 e. The summed E-state index contributed by atoms with van der Waals surface area (Å²) in [5, 5.41) is 7.33. The number of benzene rings is 1. The zero-order chi connectivity index (χ0) is 17.4. The molecule has 4 rings (SSSR count). The monoisotopic (exact) mass is 333 g/mol. The second-order valence-electron chi connectivity index (χ2n) is 6.44. The van der Waals surface area contributed by atoms with E-state index in [2.05, 4.69) is 46.4 Å². The fourth-order valence-corrected chi connectivity index (χ4v) is 2.92. The summed E-state index contributed by atoms with van der Waals surface area (Å²) in [6, 6.07) is 11.9. The number of carbonyl (C=O) groups excluding carboxylic acids is 1. The van der Waals surface area contributed by atoms with Crippen molar-refractivity contribution in [2.75, 3.05) is 6.54 Å². The molecule has 3 aromatic rings. The second kappa shape index (κ2) is 6.12. The zero-order valence-corrected chi connectivity index (χ0v) is 14.2. The Morgan fingerprint density at radius 3 is 2.64 bits per heavy atom. The first-order chi connectivity index (χ1) is 12.1. The van der Waals surface area contributed by atoms with Crippen LogP contribution >= 0.6 is 0 Å². The SMILES string of the molecule is CC(C)c1ccc(-c2nccc(-c3cc4n(n3)CCNC4=O)n2)cc1. The van der Waals surface area contributed by atoms with Gasteiger partial charge in [-0.05, 0) is 23.6 Å². The van der Waals surface area contributed by atoms with Crippen LogP contribution in [0, 0.1) is 0 Å². The van der Waals surface area contributed by atoms with Gasteiger partial charge in [0.1, 0.15) is 11.4 Å². The molecule has 1 aromatic carbocycles. The molecule has 1 aliphatic heterocycles. The molecule has 0 aliphatic carbocycles. The van der Waals surface area contributed by atoms with Gasteiger partial charge in [-0.1, -0.05) is 38.1 Å². The predicted octanol–water partition coefficient (Wildman–Crippen LogP) is 2.87. The van der Waals surface area contributed by atoms with Crippen LogP contribution in [0.4, 0.5) is 0 Å². The minimum absolute atomic E-state index is 0.0939. The number of rotatable bonds is 3. The van der Waals surface area contributed by atoms with Crippen molar-refractivity contribution in [3.63, 3.8) is 0 Å². The van der Waals surface area contributed by atoms with E-state index < -0.39 is 0 Å². The molecule has 6 nitrogen and oxygen atoms in total. The van der Waals surface area contributed by atoms with Gasteiger partial charge in [-0.2, -0.15) is 5.10 Å². The molecule has 1 amide bonds. The molecule has 126 valence electrons. The minimum Gasteiger partial charge on any atom is -0.349 e. The normalized spacial score (nSPS) is 13.6. The van der Waals surface area contributed by atoms with E-state index >= 15 is 0 Å². The first-order valence-electron chi connectivity index (χ1n) is 8.41. The molecule has 0 bridgehead atoms. The fourth-order valence-electron chi connectivity index (χ4n) is 2.92. The van der Waals surface area contributed by atoms with Crippen LogP contribution in [0.2, 0.25) is 0 Å². The van der Waals surface area contributed by atoms with Crippen LogP contribution < -0.4 is 5.32 Å². The highest BCUT2D eigenvalue weighted by molar-refractivity contribution is 5.94. The second-order valence-corrected chi connectivity index (χ2v) is 6.44. The molecule has 6 heteroatoms. The molecule has 0 radical (unpaired) electrons. The van der Waals surface area contributed by atoms with Gasteiger partial charge in [-0.3, -0.25) is 9.48 Å². The van der Waals surface area contributed by atoms with Gasteiger partial charge in [0.05, 0.1) is 12.2 Å². The molecule has 3 heterocycles. The van der Waals surface area contributed by atoms with Crippen molar-refractivity contribution in [2.45, 2.75) is 26.3 Å². The molecular formula is C19H19N5O. The third-order valence-corrected chi connectivity index (χ3v) is 4.38. The summed E-state index contributed by atoms with van der Waals surface area (Å²) in [7, 11) is 0. The number of hydrogen-bond donors (Lipinski definition) is 1. The van der Waals surface area contributed by atoms with Crippen LogP contribution in [-0.4, -0.2) is 32.2 Å². The highest BCUT2D eigenvalue weighted by Gasteiger charge is 2.20. The summed E-state index contributed by atoms with van der Waals surface area (Å²) >= 11 is 0. The van der Waals surface area contributed by atoms with Gasteiger partial charge in [0.2, 0.25) is 0 Å². The lowest BCUT2D eigenvalue weighted by atomic mass is 10.0. The van der Waals surface area contributed by atoms with Gasteiger partial charge in [-0.15, -0.1) is 0 Å². The lowest BCUT2D eigenvalue weighted by molar-refractivity contribution is 0.0924. The Bertz CT molecular complexity index is 927. The van der Waals surface area contributed by atoms with Crippen molar-refractivity contribution in [1.29, 1.82) is 0 Å². The van der Waals surface area contributed by atoms with E-state index in [9.17, 15) is 4.79 Å². The van der Waals surface area contributed by atoms with Crippen molar-refractivity contribution in [3.05, 3.63) is 53.9 Å². The van der Waals surface area contributed by atoms with Crippen molar-refractivity contribution < 1.29 is 4.79 Å². The average molecular weight is 333 g/mol. The molecular weight excluding hydrogens is 314 g/mol. The summed E-state index contributed by atoms with van der Waals surface area (Å²) in [4.78, 5) is 20.9. The third-order valence-electron chi connectivity index (χ3n) is 4.38. The van der Waals surface area contributed by atoms with E-state index in [4.69, 9.17) is 0 Å². The van der Waals surface area contributed by atoms with Crippen LogP contribution in [0.25, 0.3) is 22.8 Å². The van der Waals surface area contributed by atoms with E-state index in [1.165, 1.54) is 5.56 Å². The first kappa shape index (κ1) is 15.5. The van der Waals surface area contributed by atoms with Crippen LogP contribution in [0.15, 0.2) is 42.6 Å². The summed E-state index contributed by atoms with van der Waals surface area (Å²) < 4.78 is 1.73. The summed E-state index contributed by atoms with van der Waals surface area (Å²) in [6.45, 7) is 5.62. The highest BCUT2D eigenvalue weighted by Crippen LogP contribution is 2.23. The van der Waals surface area contributed by atoms with Crippen LogP contribution in [0.3, 0.4) is 0 Å². The maximum atomic E-state index is 11.9. The maximum absolute atomic E-state index is 11.9.